The molecule has 1 heterocycles. The first-order valence-corrected chi connectivity index (χ1v) is 10.3. The molecule has 0 unspecified atom stereocenters. The minimum atomic E-state index is -3.71. The lowest BCUT2D eigenvalue weighted by Crippen LogP contribution is -2.30. The zero-order valence-corrected chi connectivity index (χ0v) is 16.6. The van der Waals surface area contributed by atoms with E-state index in [4.69, 9.17) is 0 Å². The summed E-state index contributed by atoms with van der Waals surface area (Å²) < 4.78 is 25.4. The van der Waals surface area contributed by atoms with Crippen molar-refractivity contribution in [2.75, 3.05) is 15.4 Å². The third-order valence-corrected chi connectivity index (χ3v) is 6.49. The van der Waals surface area contributed by atoms with Gasteiger partial charge in [0.05, 0.1) is 17.4 Å². The molecule has 3 rings (SSSR count). The summed E-state index contributed by atoms with van der Waals surface area (Å²) in [7, 11) is -3.71. The fourth-order valence-electron chi connectivity index (χ4n) is 3.42. The van der Waals surface area contributed by atoms with E-state index in [0.29, 0.717) is 0 Å². The van der Waals surface area contributed by atoms with Crippen LogP contribution in [0, 0.1) is 26.7 Å². The molecule has 1 N–H and O–H groups in total. The molecule has 2 aromatic carbocycles. The van der Waals surface area contributed by atoms with Crippen LogP contribution in [0.4, 0.5) is 11.4 Å². The van der Waals surface area contributed by atoms with E-state index in [0.717, 1.165) is 26.7 Å². The average Bonchev–Trinajstić information content (AvgIpc) is 2.78. The van der Waals surface area contributed by atoms with Gasteiger partial charge in [-0.25, -0.2) is 12.7 Å². The standard InChI is InChI=1S/C20H22N2O4S/c1-12-8-13(2)18(14(3)9-12)21-19(23)16-6-5-7-17(10-16)22-20(24)15(4)11-27(22,25)26/h5-10,15H,11H2,1-4H3,(H,21,23)/t15-/m0/s1. The Morgan fingerprint density at radius 3 is 2.30 bits per heavy atom. The number of hydrogen-bond acceptors (Lipinski definition) is 4. The molecule has 0 saturated carbocycles. The zero-order chi connectivity index (χ0) is 19.9. The van der Waals surface area contributed by atoms with Crippen molar-refractivity contribution < 1.29 is 18.0 Å². The van der Waals surface area contributed by atoms with E-state index in [2.05, 4.69) is 5.32 Å². The van der Waals surface area contributed by atoms with E-state index in [1.165, 1.54) is 12.1 Å². The molecule has 0 aromatic heterocycles. The summed E-state index contributed by atoms with van der Waals surface area (Å²) in [6.07, 6.45) is 0. The SMILES string of the molecule is Cc1cc(C)c(NC(=O)c2cccc(N3C(=O)[C@@H](C)CS3(=O)=O)c2)c(C)c1. The summed E-state index contributed by atoms with van der Waals surface area (Å²) in [5, 5.41) is 2.89. The predicted molar refractivity (Wildman–Crippen MR) is 105 cm³/mol. The number of aryl methyl sites for hydroxylation is 3. The Hall–Kier alpha value is -2.67. The zero-order valence-electron chi connectivity index (χ0n) is 15.7. The molecule has 1 aliphatic rings. The van der Waals surface area contributed by atoms with Crippen LogP contribution in [0.25, 0.3) is 0 Å². The molecule has 2 amide bonds. The summed E-state index contributed by atoms with van der Waals surface area (Å²) in [4.78, 5) is 25.0. The van der Waals surface area contributed by atoms with Crippen LogP contribution in [0.2, 0.25) is 0 Å². The van der Waals surface area contributed by atoms with Gasteiger partial charge >= 0.3 is 0 Å². The van der Waals surface area contributed by atoms with Crippen molar-refractivity contribution in [3.05, 3.63) is 58.7 Å². The molecule has 7 heteroatoms. The number of hydrogen-bond donors (Lipinski definition) is 1. The van der Waals surface area contributed by atoms with E-state index in [1.54, 1.807) is 19.1 Å². The maximum absolute atomic E-state index is 12.7. The Morgan fingerprint density at radius 2 is 1.74 bits per heavy atom. The highest BCUT2D eigenvalue weighted by atomic mass is 32.2. The van der Waals surface area contributed by atoms with E-state index in [-0.39, 0.29) is 22.9 Å². The number of nitrogens with zero attached hydrogens (tertiary/aromatic N) is 1. The molecule has 0 spiro atoms. The second-order valence-electron chi connectivity index (χ2n) is 7.06. The normalized spacial score (nSPS) is 18.6. The van der Waals surface area contributed by atoms with E-state index in [1.807, 2.05) is 32.9 Å². The van der Waals surface area contributed by atoms with Crippen molar-refractivity contribution in [2.24, 2.45) is 5.92 Å². The van der Waals surface area contributed by atoms with Gasteiger partial charge in [-0.2, -0.15) is 0 Å². The Morgan fingerprint density at radius 1 is 1.11 bits per heavy atom. The second-order valence-corrected chi connectivity index (χ2v) is 8.92. The van der Waals surface area contributed by atoms with Crippen molar-refractivity contribution in [3.8, 4) is 0 Å². The summed E-state index contributed by atoms with van der Waals surface area (Å²) in [5.41, 5.74) is 4.21. The van der Waals surface area contributed by atoms with E-state index in [9.17, 15) is 18.0 Å². The number of anilines is 2. The van der Waals surface area contributed by atoms with Crippen molar-refractivity contribution in [2.45, 2.75) is 27.7 Å². The van der Waals surface area contributed by atoms with Crippen LogP contribution in [0.3, 0.4) is 0 Å². The summed E-state index contributed by atoms with van der Waals surface area (Å²) in [5.74, 6) is -1.64. The molecule has 1 fully saturated rings. The molecular formula is C20H22N2O4S. The molecule has 1 atom stereocenters. The molecular weight excluding hydrogens is 364 g/mol. The van der Waals surface area contributed by atoms with Gasteiger partial charge in [-0.1, -0.05) is 30.7 Å². The van der Waals surface area contributed by atoms with Crippen LogP contribution in [0.1, 0.15) is 34.0 Å². The Balaban J connectivity index is 1.93. The minimum Gasteiger partial charge on any atom is -0.322 e. The summed E-state index contributed by atoms with van der Waals surface area (Å²) in [6, 6.07) is 10.1. The lowest BCUT2D eigenvalue weighted by Gasteiger charge is -2.17. The third kappa shape index (κ3) is 3.60. The molecule has 6 nitrogen and oxygen atoms in total. The van der Waals surface area contributed by atoms with Crippen LogP contribution >= 0.6 is 0 Å². The van der Waals surface area contributed by atoms with Crippen LogP contribution in [0.15, 0.2) is 36.4 Å². The first kappa shape index (κ1) is 19.1. The number of nitrogens with one attached hydrogen (secondary N) is 1. The second kappa shape index (κ2) is 6.81. The van der Waals surface area contributed by atoms with Gasteiger partial charge in [0.25, 0.3) is 5.91 Å². The molecule has 1 saturated heterocycles. The molecule has 1 aliphatic heterocycles. The number of benzene rings is 2. The first-order chi connectivity index (χ1) is 12.6. The van der Waals surface area contributed by atoms with Gasteiger partial charge in [0, 0.05) is 11.3 Å². The lowest BCUT2D eigenvalue weighted by atomic mass is 10.0. The lowest BCUT2D eigenvalue weighted by molar-refractivity contribution is -0.119. The molecule has 142 valence electrons. The monoisotopic (exact) mass is 386 g/mol. The summed E-state index contributed by atoms with van der Waals surface area (Å²) in [6.45, 7) is 7.41. The number of rotatable bonds is 3. The van der Waals surface area contributed by atoms with Gasteiger partial charge in [-0.15, -0.1) is 0 Å². The number of sulfonamides is 1. The molecule has 2 aromatic rings. The van der Waals surface area contributed by atoms with Crippen LogP contribution < -0.4 is 9.62 Å². The van der Waals surface area contributed by atoms with Gasteiger partial charge in [-0.3, -0.25) is 9.59 Å². The Bertz CT molecular complexity index is 1020. The van der Waals surface area contributed by atoms with Crippen molar-refractivity contribution in [1.29, 1.82) is 0 Å². The highest BCUT2D eigenvalue weighted by molar-refractivity contribution is 7.94. The fourth-order valence-corrected chi connectivity index (χ4v) is 5.24. The van der Waals surface area contributed by atoms with Crippen molar-refractivity contribution in [1.82, 2.24) is 0 Å². The van der Waals surface area contributed by atoms with Crippen LogP contribution in [-0.2, 0) is 14.8 Å². The van der Waals surface area contributed by atoms with Gasteiger partial charge in [0.1, 0.15) is 0 Å². The average molecular weight is 386 g/mol. The fraction of sp³-hybridized carbons (Fsp3) is 0.300. The Labute approximate surface area is 159 Å². The Kier molecular flexibility index (Phi) is 4.82. The maximum Gasteiger partial charge on any atom is 0.255 e. The molecule has 0 radical (unpaired) electrons. The molecule has 0 bridgehead atoms. The smallest absolute Gasteiger partial charge is 0.255 e. The van der Waals surface area contributed by atoms with Crippen molar-refractivity contribution in [3.63, 3.8) is 0 Å². The van der Waals surface area contributed by atoms with Gasteiger partial charge in [0.2, 0.25) is 15.9 Å². The van der Waals surface area contributed by atoms with Gasteiger partial charge in [-0.05, 0) is 50.1 Å². The first-order valence-electron chi connectivity index (χ1n) is 8.66. The summed E-state index contributed by atoms with van der Waals surface area (Å²) >= 11 is 0. The van der Waals surface area contributed by atoms with Crippen molar-refractivity contribution >= 4 is 33.2 Å². The maximum atomic E-state index is 12.7. The topological polar surface area (TPSA) is 83.6 Å². The van der Waals surface area contributed by atoms with E-state index < -0.39 is 21.8 Å². The highest BCUT2D eigenvalue weighted by Gasteiger charge is 2.42. The number of amides is 2. The number of carbonyl (C=O) groups excluding carboxylic acids is 2. The van der Waals surface area contributed by atoms with Gasteiger partial charge in [0.15, 0.2) is 0 Å². The predicted octanol–water partition coefficient (Wildman–Crippen LogP) is 3.18. The molecule has 27 heavy (non-hydrogen) atoms. The van der Waals surface area contributed by atoms with Crippen LogP contribution in [0.5, 0.6) is 0 Å². The highest BCUT2D eigenvalue weighted by Crippen LogP contribution is 2.29. The largest absolute Gasteiger partial charge is 0.322 e. The third-order valence-electron chi connectivity index (χ3n) is 4.62. The van der Waals surface area contributed by atoms with Gasteiger partial charge < -0.3 is 5.32 Å². The van der Waals surface area contributed by atoms with Crippen LogP contribution in [-0.4, -0.2) is 26.0 Å². The number of carbonyl (C=O) groups is 2. The van der Waals surface area contributed by atoms with E-state index >= 15 is 0 Å². The quantitative estimate of drug-likeness (QED) is 0.878. The minimum absolute atomic E-state index is 0.189. The molecule has 0 aliphatic carbocycles.